The van der Waals surface area contributed by atoms with E-state index in [1.165, 1.54) is 11.3 Å². The number of para-hydroxylation sites is 1. The first-order valence-electron chi connectivity index (χ1n) is 8.73. The molecule has 25 heavy (non-hydrogen) atoms. The molecule has 6 heteroatoms. The summed E-state index contributed by atoms with van der Waals surface area (Å²) in [5.41, 5.74) is 8.00. The highest BCUT2D eigenvalue weighted by molar-refractivity contribution is 7.20. The molecule has 1 atom stereocenters. The van der Waals surface area contributed by atoms with Crippen molar-refractivity contribution in [2.45, 2.75) is 32.2 Å². The molecule has 0 saturated carbocycles. The number of thiophene rings is 1. The van der Waals surface area contributed by atoms with Crippen molar-refractivity contribution in [2.75, 3.05) is 13.1 Å². The van der Waals surface area contributed by atoms with Gasteiger partial charge < -0.3 is 10.6 Å². The number of likely N-dealkylation sites (tertiary alicyclic amines) is 1. The molecule has 1 aliphatic heterocycles. The second-order valence-electron chi connectivity index (χ2n) is 6.65. The van der Waals surface area contributed by atoms with Gasteiger partial charge in [-0.05, 0) is 44.4 Å². The van der Waals surface area contributed by atoms with E-state index in [0.717, 1.165) is 58.8 Å². The highest BCUT2D eigenvalue weighted by Crippen LogP contribution is 2.31. The van der Waals surface area contributed by atoms with Crippen LogP contribution in [-0.2, 0) is 0 Å². The third-order valence-corrected chi connectivity index (χ3v) is 5.91. The molecule has 3 heterocycles. The molecule has 0 radical (unpaired) electrons. The minimum atomic E-state index is 0.120. The fraction of sp³-hybridized carbons (Fsp3) is 0.368. The van der Waals surface area contributed by atoms with Crippen LogP contribution in [0.4, 0.5) is 0 Å². The highest BCUT2D eigenvalue weighted by atomic mass is 32.1. The molecule has 0 bridgehead atoms. The van der Waals surface area contributed by atoms with Crippen molar-refractivity contribution in [1.29, 1.82) is 0 Å². The van der Waals surface area contributed by atoms with Gasteiger partial charge in [0.15, 0.2) is 0 Å². The summed E-state index contributed by atoms with van der Waals surface area (Å²) in [6.45, 7) is 3.54. The second kappa shape index (κ2) is 6.61. The Morgan fingerprint density at radius 2 is 2.04 bits per heavy atom. The van der Waals surface area contributed by atoms with Crippen LogP contribution >= 0.6 is 11.3 Å². The summed E-state index contributed by atoms with van der Waals surface area (Å²) in [6.07, 6.45) is 2.86. The van der Waals surface area contributed by atoms with Crippen LogP contribution in [0.25, 0.3) is 15.9 Å². The van der Waals surface area contributed by atoms with Crippen molar-refractivity contribution in [3.8, 4) is 5.69 Å². The summed E-state index contributed by atoms with van der Waals surface area (Å²) in [5, 5.41) is 5.70. The smallest absolute Gasteiger partial charge is 0.264 e. The van der Waals surface area contributed by atoms with Crippen LogP contribution in [0.2, 0.25) is 0 Å². The molecule has 5 nitrogen and oxygen atoms in total. The summed E-state index contributed by atoms with van der Waals surface area (Å²) in [5.74, 6) is 0.120. The Morgan fingerprint density at radius 1 is 1.24 bits per heavy atom. The van der Waals surface area contributed by atoms with Crippen LogP contribution in [0.5, 0.6) is 0 Å². The first-order valence-corrected chi connectivity index (χ1v) is 9.54. The zero-order valence-corrected chi connectivity index (χ0v) is 15.1. The molecule has 2 N–H and O–H groups in total. The number of rotatable bonds is 2. The van der Waals surface area contributed by atoms with Crippen LogP contribution in [0.1, 0.15) is 34.6 Å². The summed E-state index contributed by atoms with van der Waals surface area (Å²) in [4.78, 5) is 16.7. The predicted molar refractivity (Wildman–Crippen MR) is 101 cm³/mol. The number of hydrogen-bond acceptors (Lipinski definition) is 4. The third kappa shape index (κ3) is 3.07. The van der Waals surface area contributed by atoms with Crippen LogP contribution < -0.4 is 5.73 Å². The van der Waals surface area contributed by atoms with Crippen molar-refractivity contribution in [3.05, 3.63) is 47.0 Å². The van der Waals surface area contributed by atoms with Gasteiger partial charge in [0.2, 0.25) is 0 Å². The van der Waals surface area contributed by atoms with Crippen molar-refractivity contribution < 1.29 is 4.79 Å². The number of nitrogens with zero attached hydrogens (tertiary/aromatic N) is 3. The lowest BCUT2D eigenvalue weighted by Crippen LogP contribution is -2.32. The van der Waals surface area contributed by atoms with Crippen molar-refractivity contribution in [2.24, 2.45) is 5.73 Å². The predicted octanol–water partition coefficient (Wildman–Crippen LogP) is 3.35. The number of carbonyl (C=O) groups is 1. The quantitative estimate of drug-likeness (QED) is 0.767. The van der Waals surface area contributed by atoms with Crippen LogP contribution in [0, 0.1) is 6.92 Å². The molecule has 4 rings (SSSR count). The molecular formula is C19H22N4OS. The van der Waals surface area contributed by atoms with E-state index in [2.05, 4.69) is 5.10 Å². The highest BCUT2D eigenvalue weighted by Gasteiger charge is 2.23. The summed E-state index contributed by atoms with van der Waals surface area (Å²) in [7, 11) is 0. The minimum absolute atomic E-state index is 0.120. The zero-order valence-electron chi connectivity index (χ0n) is 14.3. The molecule has 1 fully saturated rings. The maximum Gasteiger partial charge on any atom is 0.264 e. The standard InChI is InChI=1S/C19H22N4OS/c1-13-16-12-17(18(24)22-10-5-6-14(20)9-11-22)25-19(16)23(21-13)15-7-3-2-4-8-15/h2-4,7-8,12,14H,5-6,9-11,20H2,1H3. The summed E-state index contributed by atoms with van der Waals surface area (Å²) >= 11 is 1.53. The van der Waals surface area contributed by atoms with Gasteiger partial charge in [0.1, 0.15) is 4.83 Å². The first kappa shape index (κ1) is 16.3. The van der Waals surface area contributed by atoms with Gasteiger partial charge in [-0.2, -0.15) is 5.10 Å². The molecule has 1 unspecified atom stereocenters. The molecule has 1 aromatic carbocycles. The number of amides is 1. The monoisotopic (exact) mass is 354 g/mol. The Bertz CT molecular complexity index is 899. The Labute approximate surface area is 151 Å². The Morgan fingerprint density at radius 3 is 2.84 bits per heavy atom. The number of carbonyl (C=O) groups excluding carboxylic acids is 1. The lowest BCUT2D eigenvalue weighted by atomic mass is 10.1. The van der Waals surface area contributed by atoms with Gasteiger partial charge in [0, 0.05) is 24.5 Å². The van der Waals surface area contributed by atoms with Gasteiger partial charge in [-0.3, -0.25) is 4.79 Å². The number of aromatic nitrogens is 2. The SMILES string of the molecule is Cc1nn(-c2ccccc2)c2sc(C(=O)N3CCCC(N)CC3)cc12. The van der Waals surface area contributed by atoms with E-state index in [1.54, 1.807) is 0 Å². The van der Waals surface area contributed by atoms with E-state index >= 15 is 0 Å². The lowest BCUT2D eigenvalue weighted by molar-refractivity contribution is 0.0766. The van der Waals surface area contributed by atoms with Gasteiger partial charge >= 0.3 is 0 Å². The molecule has 1 amide bonds. The Balaban J connectivity index is 1.68. The van der Waals surface area contributed by atoms with Crippen molar-refractivity contribution in [1.82, 2.24) is 14.7 Å². The first-order chi connectivity index (χ1) is 12.1. The minimum Gasteiger partial charge on any atom is -0.338 e. The number of benzene rings is 1. The van der Waals surface area contributed by atoms with E-state index in [-0.39, 0.29) is 11.9 Å². The second-order valence-corrected chi connectivity index (χ2v) is 7.68. The topological polar surface area (TPSA) is 64.2 Å². The zero-order chi connectivity index (χ0) is 17.4. The average molecular weight is 354 g/mol. The molecular weight excluding hydrogens is 332 g/mol. The molecule has 0 spiro atoms. The van der Waals surface area contributed by atoms with E-state index in [0.29, 0.717) is 0 Å². The number of fused-ring (bicyclic) bond motifs is 1. The van der Waals surface area contributed by atoms with Crippen LogP contribution in [-0.4, -0.2) is 39.7 Å². The van der Waals surface area contributed by atoms with E-state index in [4.69, 9.17) is 5.73 Å². The van der Waals surface area contributed by atoms with Gasteiger partial charge in [0.05, 0.1) is 16.3 Å². The molecule has 2 aromatic heterocycles. The van der Waals surface area contributed by atoms with Crippen molar-refractivity contribution in [3.63, 3.8) is 0 Å². The average Bonchev–Trinajstić information content (AvgIpc) is 3.11. The Kier molecular flexibility index (Phi) is 4.31. The normalized spacial score (nSPS) is 18.5. The van der Waals surface area contributed by atoms with Gasteiger partial charge in [-0.1, -0.05) is 18.2 Å². The molecule has 1 saturated heterocycles. The van der Waals surface area contributed by atoms with E-state index in [9.17, 15) is 4.79 Å². The summed E-state index contributed by atoms with van der Waals surface area (Å²) in [6, 6.07) is 12.3. The van der Waals surface area contributed by atoms with Gasteiger partial charge in [-0.25, -0.2) is 4.68 Å². The number of hydrogen-bond donors (Lipinski definition) is 1. The van der Waals surface area contributed by atoms with Crippen LogP contribution in [0.15, 0.2) is 36.4 Å². The molecule has 130 valence electrons. The molecule has 0 aliphatic carbocycles. The number of aryl methyl sites for hydroxylation is 1. The Hall–Kier alpha value is -2.18. The number of nitrogens with two attached hydrogens (primary N) is 1. The summed E-state index contributed by atoms with van der Waals surface area (Å²) < 4.78 is 1.93. The van der Waals surface area contributed by atoms with Gasteiger partial charge in [0.25, 0.3) is 5.91 Å². The lowest BCUT2D eigenvalue weighted by Gasteiger charge is -2.19. The van der Waals surface area contributed by atoms with Gasteiger partial charge in [-0.15, -0.1) is 11.3 Å². The molecule has 1 aliphatic rings. The van der Waals surface area contributed by atoms with E-state index in [1.807, 2.05) is 52.9 Å². The fourth-order valence-electron chi connectivity index (χ4n) is 3.38. The van der Waals surface area contributed by atoms with Crippen LogP contribution in [0.3, 0.4) is 0 Å². The molecule has 3 aromatic rings. The largest absolute Gasteiger partial charge is 0.338 e. The maximum atomic E-state index is 13.0. The van der Waals surface area contributed by atoms with E-state index < -0.39 is 0 Å². The van der Waals surface area contributed by atoms with Crippen molar-refractivity contribution >= 4 is 27.5 Å². The third-order valence-electron chi connectivity index (χ3n) is 4.82. The maximum absolute atomic E-state index is 13.0. The fourth-order valence-corrected chi connectivity index (χ4v) is 4.53.